The minimum Gasteiger partial charge on any atom is -0.423 e. The summed E-state index contributed by atoms with van der Waals surface area (Å²) < 4.78 is 4.97. The first-order chi connectivity index (χ1) is 6.70. The lowest BCUT2D eigenvalue weighted by Crippen LogP contribution is -1.96. The van der Waals surface area contributed by atoms with Gasteiger partial charge in [-0.3, -0.25) is 4.79 Å². The maximum absolute atomic E-state index is 10.9. The fourth-order valence-corrected chi connectivity index (χ4v) is 1.45. The predicted octanol–water partition coefficient (Wildman–Crippen LogP) is 1.91. The standard InChI is InChI=1S/C11H8O3/c1-7-4-8(6-12)5-10-9(7)2-3-11(13)14-10/h2-6H,1H3. The van der Waals surface area contributed by atoms with Crippen LogP contribution >= 0.6 is 0 Å². The Balaban J connectivity index is 2.90. The summed E-state index contributed by atoms with van der Waals surface area (Å²) in [6.45, 7) is 1.87. The number of carbonyl (C=O) groups is 1. The molecule has 0 saturated heterocycles. The summed E-state index contributed by atoms with van der Waals surface area (Å²) in [4.78, 5) is 21.5. The maximum Gasteiger partial charge on any atom is 0.336 e. The van der Waals surface area contributed by atoms with Crippen LogP contribution in [0.2, 0.25) is 0 Å². The molecule has 3 nitrogen and oxygen atoms in total. The molecule has 0 amide bonds. The van der Waals surface area contributed by atoms with Crippen molar-refractivity contribution in [2.24, 2.45) is 0 Å². The van der Waals surface area contributed by atoms with Crippen LogP contribution in [0.3, 0.4) is 0 Å². The Kier molecular flexibility index (Phi) is 1.93. The van der Waals surface area contributed by atoms with Crippen molar-refractivity contribution in [2.75, 3.05) is 0 Å². The molecule has 3 heteroatoms. The zero-order valence-corrected chi connectivity index (χ0v) is 7.61. The predicted molar refractivity (Wildman–Crippen MR) is 52.6 cm³/mol. The molecule has 0 spiro atoms. The smallest absolute Gasteiger partial charge is 0.336 e. The molecular weight excluding hydrogens is 180 g/mol. The van der Waals surface area contributed by atoms with Crippen LogP contribution in [0.1, 0.15) is 15.9 Å². The van der Waals surface area contributed by atoms with Gasteiger partial charge in [0.1, 0.15) is 11.9 Å². The Hall–Kier alpha value is -1.90. The van der Waals surface area contributed by atoms with E-state index in [1.165, 1.54) is 6.07 Å². The van der Waals surface area contributed by atoms with Gasteiger partial charge in [0.2, 0.25) is 0 Å². The van der Waals surface area contributed by atoms with Crippen molar-refractivity contribution in [2.45, 2.75) is 6.92 Å². The zero-order valence-electron chi connectivity index (χ0n) is 7.61. The van der Waals surface area contributed by atoms with E-state index in [1.807, 2.05) is 6.92 Å². The first-order valence-electron chi connectivity index (χ1n) is 4.20. The van der Waals surface area contributed by atoms with Crippen molar-refractivity contribution in [1.29, 1.82) is 0 Å². The molecule has 0 aliphatic rings. The van der Waals surface area contributed by atoms with Crippen molar-refractivity contribution < 1.29 is 9.21 Å². The Morgan fingerprint density at radius 3 is 2.79 bits per heavy atom. The van der Waals surface area contributed by atoms with E-state index in [0.29, 0.717) is 11.1 Å². The van der Waals surface area contributed by atoms with Crippen LogP contribution in [0, 0.1) is 6.92 Å². The van der Waals surface area contributed by atoms with Gasteiger partial charge in [-0.25, -0.2) is 4.79 Å². The van der Waals surface area contributed by atoms with Crippen molar-refractivity contribution in [3.05, 3.63) is 45.8 Å². The first kappa shape index (κ1) is 8.69. The molecule has 70 valence electrons. The van der Waals surface area contributed by atoms with E-state index in [2.05, 4.69) is 0 Å². The molecule has 0 unspecified atom stereocenters. The first-order valence-corrected chi connectivity index (χ1v) is 4.20. The van der Waals surface area contributed by atoms with Crippen molar-refractivity contribution in [3.8, 4) is 0 Å². The Labute approximate surface area is 80.0 Å². The molecule has 1 aromatic heterocycles. The summed E-state index contributed by atoms with van der Waals surface area (Å²) in [5.74, 6) is 0. The number of carbonyl (C=O) groups excluding carboxylic acids is 1. The fraction of sp³-hybridized carbons (Fsp3) is 0.0909. The SMILES string of the molecule is Cc1cc(C=O)cc2oc(=O)ccc12. The van der Waals surface area contributed by atoms with Crippen LogP contribution in [0.15, 0.2) is 33.5 Å². The van der Waals surface area contributed by atoms with Gasteiger partial charge in [-0.1, -0.05) is 0 Å². The average molecular weight is 188 g/mol. The highest BCUT2D eigenvalue weighted by Gasteiger charge is 2.02. The molecule has 0 atom stereocenters. The lowest BCUT2D eigenvalue weighted by molar-refractivity contribution is 0.112. The molecule has 0 fully saturated rings. The molecule has 0 aliphatic carbocycles. The monoisotopic (exact) mass is 188 g/mol. The molecule has 0 bridgehead atoms. The molecule has 0 N–H and O–H groups in total. The molecule has 2 rings (SSSR count). The Morgan fingerprint density at radius 1 is 1.29 bits per heavy atom. The highest BCUT2D eigenvalue weighted by Crippen LogP contribution is 2.17. The Morgan fingerprint density at radius 2 is 2.07 bits per heavy atom. The molecule has 1 heterocycles. The van der Waals surface area contributed by atoms with E-state index in [0.717, 1.165) is 17.2 Å². The minimum atomic E-state index is -0.403. The largest absolute Gasteiger partial charge is 0.423 e. The Bertz CT molecular complexity index is 552. The van der Waals surface area contributed by atoms with Gasteiger partial charge in [0.15, 0.2) is 0 Å². The van der Waals surface area contributed by atoms with Gasteiger partial charge in [0.25, 0.3) is 0 Å². The lowest BCUT2D eigenvalue weighted by Gasteiger charge is -2.00. The van der Waals surface area contributed by atoms with Crippen molar-refractivity contribution >= 4 is 17.3 Å². The molecule has 14 heavy (non-hydrogen) atoms. The van der Waals surface area contributed by atoms with E-state index in [-0.39, 0.29) is 0 Å². The van der Waals surface area contributed by atoms with Crippen LogP contribution in [0.4, 0.5) is 0 Å². The maximum atomic E-state index is 10.9. The van der Waals surface area contributed by atoms with E-state index in [4.69, 9.17) is 4.42 Å². The fourth-order valence-electron chi connectivity index (χ4n) is 1.45. The third-order valence-electron chi connectivity index (χ3n) is 2.10. The lowest BCUT2D eigenvalue weighted by atomic mass is 10.1. The topological polar surface area (TPSA) is 47.3 Å². The van der Waals surface area contributed by atoms with Gasteiger partial charge >= 0.3 is 5.63 Å². The number of aryl methyl sites for hydroxylation is 1. The van der Waals surface area contributed by atoms with Crippen LogP contribution in [0.5, 0.6) is 0 Å². The van der Waals surface area contributed by atoms with Gasteiger partial charge in [0, 0.05) is 17.0 Å². The summed E-state index contributed by atoms with van der Waals surface area (Å²) in [5.41, 5.74) is 1.50. The van der Waals surface area contributed by atoms with Gasteiger partial charge in [-0.15, -0.1) is 0 Å². The molecule has 0 aliphatic heterocycles. The quantitative estimate of drug-likeness (QED) is 0.507. The van der Waals surface area contributed by atoms with Crippen LogP contribution in [-0.2, 0) is 0 Å². The number of aldehydes is 1. The molecule has 1 aromatic carbocycles. The summed E-state index contributed by atoms with van der Waals surface area (Å²) in [5, 5.41) is 0.857. The van der Waals surface area contributed by atoms with E-state index in [9.17, 15) is 9.59 Å². The summed E-state index contributed by atoms with van der Waals surface area (Å²) in [6.07, 6.45) is 0.736. The highest BCUT2D eigenvalue weighted by molar-refractivity contribution is 5.87. The molecule has 2 aromatic rings. The van der Waals surface area contributed by atoms with E-state index >= 15 is 0 Å². The molecule has 0 radical (unpaired) electrons. The zero-order chi connectivity index (χ0) is 10.1. The van der Waals surface area contributed by atoms with E-state index < -0.39 is 5.63 Å². The number of benzene rings is 1. The molecular formula is C11H8O3. The second-order valence-electron chi connectivity index (χ2n) is 3.12. The van der Waals surface area contributed by atoms with Crippen LogP contribution in [-0.4, -0.2) is 6.29 Å². The second kappa shape index (κ2) is 3.10. The van der Waals surface area contributed by atoms with Gasteiger partial charge < -0.3 is 4.42 Å². The average Bonchev–Trinajstić information content (AvgIpc) is 2.16. The van der Waals surface area contributed by atoms with Crippen molar-refractivity contribution in [1.82, 2.24) is 0 Å². The number of hydrogen-bond donors (Lipinski definition) is 0. The van der Waals surface area contributed by atoms with Gasteiger partial charge in [0.05, 0.1) is 0 Å². The molecule has 0 saturated carbocycles. The number of rotatable bonds is 1. The summed E-state index contributed by atoms with van der Waals surface area (Å²) in [7, 11) is 0. The number of fused-ring (bicyclic) bond motifs is 1. The van der Waals surface area contributed by atoms with Crippen LogP contribution < -0.4 is 5.63 Å². The van der Waals surface area contributed by atoms with Gasteiger partial charge in [-0.2, -0.15) is 0 Å². The number of hydrogen-bond acceptors (Lipinski definition) is 3. The van der Waals surface area contributed by atoms with E-state index in [1.54, 1.807) is 18.2 Å². The normalized spacial score (nSPS) is 10.4. The van der Waals surface area contributed by atoms with Crippen molar-refractivity contribution in [3.63, 3.8) is 0 Å². The summed E-state index contributed by atoms with van der Waals surface area (Å²) in [6, 6.07) is 6.40. The minimum absolute atomic E-state index is 0.403. The highest BCUT2D eigenvalue weighted by atomic mass is 16.4. The third-order valence-corrected chi connectivity index (χ3v) is 2.10. The van der Waals surface area contributed by atoms with Crippen LogP contribution in [0.25, 0.3) is 11.0 Å². The summed E-state index contributed by atoms with van der Waals surface area (Å²) >= 11 is 0. The second-order valence-corrected chi connectivity index (χ2v) is 3.12. The van der Waals surface area contributed by atoms with Gasteiger partial charge in [-0.05, 0) is 30.7 Å². The third kappa shape index (κ3) is 1.33.